The molecule has 1 aliphatic rings. The highest BCUT2D eigenvalue weighted by molar-refractivity contribution is 8.03. The SMILES string of the molecule is CC(=O)OCC1=C(C)C(=O)CCS1. The Morgan fingerprint density at radius 1 is 1.62 bits per heavy atom. The zero-order valence-electron chi connectivity index (χ0n) is 7.75. The number of esters is 1. The molecule has 0 aromatic rings. The molecular formula is C9H12O3S. The summed E-state index contributed by atoms with van der Waals surface area (Å²) < 4.78 is 4.83. The van der Waals surface area contributed by atoms with Crippen molar-refractivity contribution in [2.45, 2.75) is 20.3 Å². The molecule has 0 atom stereocenters. The minimum absolute atomic E-state index is 0.168. The summed E-state index contributed by atoms with van der Waals surface area (Å²) in [5.74, 6) is 0.659. The number of thioether (sulfide) groups is 1. The Hall–Kier alpha value is -0.770. The molecule has 1 rings (SSSR count). The van der Waals surface area contributed by atoms with Gasteiger partial charge >= 0.3 is 5.97 Å². The lowest BCUT2D eigenvalue weighted by Gasteiger charge is -2.15. The van der Waals surface area contributed by atoms with Gasteiger partial charge in [0, 0.05) is 29.6 Å². The van der Waals surface area contributed by atoms with Crippen molar-refractivity contribution in [2.75, 3.05) is 12.4 Å². The minimum Gasteiger partial charge on any atom is -0.460 e. The van der Waals surface area contributed by atoms with Crippen molar-refractivity contribution in [3.63, 3.8) is 0 Å². The van der Waals surface area contributed by atoms with Crippen LogP contribution < -0.4 is 0 Å². The molecule has 0 aromatic carbocycles. The quantitative estimate of drug-likeness (QED) is 0.634. The number of rotatable bonds is 2. The van der Waals surface area contributed by atoms with E-state index in [1.165, 1.54) is 6.92 Å². The van der Waals surface area contributed by atoms with Crippen LogP contribution in [0.15, 0.2) is 10.5 Å². The second kappa shape index (κ2) is 4.46. The topological polar surface area (TPSA) is 43.4 Å². The average Bonchev–Trinajstić information content (AvgIpc) is 2.07. The fourth-order valence-electron chi connectivity index (χ4n) is 1.04. The van der Waals surface area contributed by atoms with Gasteiger partial charge in [0.15, 0.2) is 5.78 Å². The molecule has 1 heterocycles. The van der Waals surface area contributed by atoms with Gasteiger partial charge in [-0.05, 0) is 6.92 Å². The van der Waals surface area contributed by atoms with Gasteiger partial charge in [0.1, 0.15) is 6.61 Å². The van der Waals surface area contributed by atoms with E-state index in [4.69, 9.17) is 4.74 Å². The number of allylic oxidation sites excluding steroid dienone is 1. The standard InChI is InChI=1S/C9H12O3S/c1-6-8(11)3-4-13-9(6)5-12-7(2)10/h3-5H2,1-2H3. The second-order valence-corrected chi connectivity index (χ2v) is 4.04. The molecule has 0 N–H and O–H groups in total. The van der Waals surface area contributed by atoms with E-state index in [0.717, 1.165) is 16.2 Å². The van der Waals surface area contributed by atoms with Crippen LogP contribution in [0.4, 0.5) is 0 Å². The van der Waals surface area contributed by atoms with E-state index in [1.54, 1.807) is 18.7 Å². The van der Waals surface area contributed by atoms with Gasteiger partial charge < -0.3 is 4.74 Å². The highest BCUT2D eigenvalue weighted by Gasteiger charge is 2.17. The first kappa shape index (κ1) is 10.3. The van der Waals surface area contributed by atoms with Crippen LogP contribution in [0.2, 0.25) is 0 Å². The third kappa shape index (κ3) is 2.88. The Morgan fingerprint density at radius 3 is 2.92 bits per heavy atom. The summed E-state index contributed by atoms with van der Waals surface area (Å²) in [4.78, 5) is 22.7. The van der Waals surface area contributed by atoms with Crippen molar-refractivity contribution in [1.82, 2.24) is 0 Å². The number of hydrogen-bond acceptors (Lipinski definition) is 4. The Kier molecular flexibility index (Phi) is 3.54. The first-order valence-corrected chi connectivity index (χ1v) is 5.09. The Balaban J connectivity index is 2.61. The van der Waals surface area contributed by atoms with E-state index in [-0.39, 0.29) is 18.4 Å². The molecule has 0 saturated carbocycles. The summed E-state index contributed by atoms with van der Waals surface area (Å²) in [7, 11) is 0. The molecule has 0 saturated heterocycles. The van der Waals surface area contributed by atoms with E-state index in [1.807, 2.05) is 0 Å². The monoisotopic (exact) mass is 200 g/mol. The van der Waals surface area contributed by atoms with Crippen LogP contribution in [-0.2, 0) is 14.3 Å². The maximum Gasteiger partial charge on any atom is 0.302 e. The van der Waals surface area contributed by atoms with Crippen LogP contribution in [0.1, 0.15) is 20.3 Å². The van der Waals surface area contributed by atoms with Crippen LogP contribution >= 0.6 is 11.8 Å². The van der Waals surface area contributed by atoms with Gasteiger partial charge in [-0.2, -0.15) is 0 Å². The third-order valence-corrected chi connectivity index (χ3v) is 3.03. The van der Waals surface area contributed by atoms with Crippen LogP contribution in [0.5, 0.6) is 0 Å². The van der Waals surface area contributed by atoms with Gasteiger partial charge in [-0.3, -0.25) is 9.59 Å². The fourth-order valence-corrected chi connectivity index (χ4v) is 2.04. The summed E-state index contributed by atoms with van der Waals surface area (Å²) in [5.41, 5.74) is 0.748. The lowest BCUT2D eigenvalue weighted by Crippen LogP contribution is -2.13. The van der Waals surface area contributed by atoms with Crippen LogP contribution in [0, 0.1) is 0 Å². The number of ketones is 1. The van der Waals surface area contributed by atoms with E-state index in [2.05, 4.69) is 0 Å². The molecule has 0 radical (unpaired) electrons. The van der Waals surface area contributed by atoms with E-state index >= 15 is 0 Å². The molecule has 0 bridgehead atoms. The second-order valence-electron chi connectivity index (χ2n) is 2.85. The molecule has 3 nitrogen and oxygen atoms in total. The zero-order valence-corrected chi connectivity index (χ0v) is 8.57. The van der Waals surface area contributed by atoms with E-state index in [0.29, 0.717) is 6.42 Å². The predicted molar refractivity (Wildman–Crippen MR) is 51.4 cm³/mol. The Morgan fingerprint density at radius 2 is 2.31 bits per heavy atom. The molecular weight excluding hydrogens is 188 g/mol. The summed E-state index contributed by atoms with van der Waals surface area (Å²) in [6.07, 6.45) is 0.597. The molecule has 0 aliphatic carbocycles. The first-order valence-electron chi connectivity index (χ1n) is 4.10. The highest BCUT2D eigenvalue weighted by atomic mass is 32.2. The molecule has 13 heavy (non-hydrogen) atoms. The third-order valence-electron chi connectivity index (χ3n) is 1.85. The molecule has 72 valence electrons. The van der Waals surface area contributed by atoms with Gasteiger partial charge in [-0.15, -0.1) is 11.8 Å². The number of carbonyl (C=O) groups excluding carboxylic acids is 2. The summed E-state index contributed by atoms with van der Waals surface area (Å²) in [6.45, 7) is 3.40. The highest BCUT2D eigenvalue weighted by Crippen LogP contribution is 2.27. The average molecular weight is 200 g/mol. The van der Waals surface area contributed by atoms with E-state index in [9.17, 15) is 9.59 Å². The molecule has 0 unspecified atom stereocenters. The molecule has 4 heteroatoms. The molecule has 0 fully saturated rings. The van der Waals surface area contributed by atoms with Crippen molar-refractivity contribution >= 4 is 23.5 Å². The largest absolute Gasteiger partial charge is 0.460 e. The van der Waals surface area contributed by atoms with Gasteiger partial charge in [0.05, 0.1) is 0 Å². The van der Waals surface area contributed by atoms with Crippen LogP contribution in [0.25, 0.3) is 0 Å². The summed E-state index contributed by atoms with van der Waals surface area (Å²) >= 11 is 1.60. The molecule has 0 aromatic heterocycles. The van der Waals surface area contributed by atoms with Gasteiger partial charge in [0.25, 0.3) is 0 Å². The maximum atomic E-state index is 11.2. The molecule has 1 aliphatic heterocycles. The maximum absolute atomic E-state index is 11.2. The lowest BCUT2D eigenvalue weighted by atomic mass is 10.1. The van der Waals surface area contributed by atoms with Crippen molar-refractivity contribution in [3.05, 3.63) is 10.5 Å². The van der Waals surface area contributed by atoms with E-state index < -0.39 is 0 Å². The van der Waals surface area contributed by atoms with Crippen molar-refractivity contribution in [1.29, 1.82) is 0 Å². The fraction of sp³-hybridized carbons (Fsp3) is 0.556. The molecule has 0 amide bonds. The zero-order chi connectivity index (χ0) is 9.84. The summed E-state index contributed by atoms with van der Waals surface area (Å²) in [6, 6.07) is 0. The number of Topliss-reactive ketones (excluding diaryl/α,β-unsaturated/α-hetero) is 1. The summed E-state index contributed by atoms with van der Waals surface area (Å²) in [5, 5.41) is 0. The Bertz CT molecular complexity index is 268. The minimum atomic E-state index is -0.307. The number of hydrogen-bond donors (Lipinski definition) is 0. The van der Waals surface area contributed by atoms with Gasteiger partial charge in [-0.1, -0.05) is 0 Å². The lowest BCUT2D eigenvalue weighted by molar-refractivity contribution is -0.139. The van der Waals surface area contributed by atoms with Gasteiger partial charge in [0.2, 0.25) is 0 Å². The number of carbonyl (C=O) groups is 2. The van der Waals surface area contributed by atoms with Crippen LogP contribution in [0.3, 0.4) is 0 Å². The Labute approximate surface area is 81.5 Å². The first-order chi connectivity index (χ1) is 6.11. The number of ether oxygens (including phenoxy) is 1. The normalized spacial score (nSPS) is 17.5. The molecule has 0 spiro atoms. The van der Waals surface area contributed by atoms with Crippen LogP contribution in [-0.4, -0.2) is 24.1 Å². The van der Waals surface area contributed by atoms with Crippen molar-refractivity contribution in [3.8, 4) is 0 Å². The smallest absolute Gasteiger partial charge is 0.302 e. The van der Waals surface area contributed by atoms with Crippen molar-refractivity contribution < 1.29 is 14.3 Å². The van der Waals surface area contributed by atoms with Gasteiger partial charge in [-0.25, -0.2) is 0 Å². The van der Waals surface area contributed by atoms with Crippen molar-refractivity contribution in [2.24, 2.45) is 0 Å². The predicted octanol–water partition coefficient (Wildman–Crippen LogP) is 1.53.